The van der Waals surface area contributed by atoms with Gasteiger partial charge in [0.15, 0.2) is 0 Å². The van der Waals surface area contributed by atoms with Crippen LogP contribution in [0.4, 0.5) is 0 Å². The summed E-state index contributed by atoms with van der Waals surface area (Å²) in [6.07, 6.45) is 0.580. The van der Waals surface area contributed by atoms with Crippen molar-refractivity contribution in [1.29, 1.82) is 0 Å². The van der Waals surface area contributed by atoms with Crippen LogP contribution in [0.25, 0.3) is 0 Å². The Balaban J connectivity index is 0. The van der Waals surface area contributed by atoms with Gasteiger partial charge in [0.05, 0.1) is 5.97 Å². The first-order valence-electron chi connectivity index (χ1n) is 3.16. The molecule has 1 unspecified atom stereocenters. The van der Waals surface area contributed by atoms with E-state index in [4.69, 9.17) is 0 Å². The van der Waals surface area contributed by atoms with E-state index >= 15 is 0 Å². The maximum Gasteiger partial charge on any atom is 1.00 e. The summed E-state index contributed by atoms with van der Waals surface area (Å²) in [5, 5.41) is 12.9. The van der Waals surface area contributed by atoms with Crippen LogP contribution in [0.2, 0.25) is 0 Å². The number of hydrogen-bond acceptors (Lipinski definition) is 3. The van der Waals surface area contributed by atoms with Crippen molar-refractivity contribution in [3.63, 3.8) is 0 Å². The van der Waals surface area contributed by atoms with Crippen LogP contribution in [0, 0.1) is 0 Å². The summed E-state index contributed by atoms with van der Waals surface area (Å²) in [6.45, 7) is 4.35. The van der Waals surface area contributed by atoms with E-state index < -0.39 is 12.0 Å². The largest absolute Gasteiger partial charge is 1.00 e. The van der Waals surface area contributed by atoms with Crippen LogP contribution in [-0.2, 0) is 4.79 Å². The third-order valence-electron chi connectivity index (χ3n) is 1.14. The fraction of sp³-hybridized carbons (Fsp3) is 0.833. The molecule has 0 aliphatic carbocycles. The molecule has 0 radical (unpaired) electrons. The molecule has 1 N–H and O–H groups in total. The summed E-state index contributed by atoms with van der Waals surface area (Å²) < 4.78 is 0. The summed E-state index contributed by atoms with van der Waals surface area (Å²) >= 11 is 0. The van der Waals surface area contributed by atoms with Crippen LogP contribution in [-0.4, -0.2) is 18.6 Å². The minimum atomic E-state index is -1.01. The molecule has 0 fully saturated rings. The molecular weight excluding hydrogens is 141 g/mol. The summed E-state index contributed by atoms with van der Waals surface area (Å²) in [4.78, 5) is 10.1. The number of carbonyl (C=O) groups is 1. The maximum absolute atomic E-state index is 10.1. The van der Waals surface area contributed by atoms with Gasteiger partial charge in [-0.05, 0) is 13.0 Å². The molecule has 0 rings (SSSR count). The fourth-order valence-corrected chi connectivity index (χ4v) is 0.641. The van der Waals surface area contributed by atoms with Crippen LogP contribution in [0.3, 0.4) is 0 Å². The van der Waals surface area contributed by atoms with Crippen LogP contribution in [0.15, 0.2) is 0 Å². The molecule has 0 aromatic carbocycles. The first kappa shape index (κ1) is 13.1. The molecule has 0 aromatic rings. The zero-order valence-electron chi connectivity index (χ0n) is 6.81. The summed E-state index contributed by atoms with van der Waals surface area (Å²) in [6, 6.07) is -0.477. The zero-order valence-corrected chi connectivity index (χ0v) is 8.81. The number of likely N-dealkylation sites (N-methyl/N-ethyl adjacent to an activating group) is 1. The molecule has 1 atom stereocenters. The number of carboxylic acids is 1. The zero-order chi connectivity index (χ0) is 7.28. The van der Waals surface area contributed by atoms with Gasteiger partial charge in [-0.1, -0.05) is 13.8 Å². The van der Waals surface area contributed by atoms with Crippen molar-refractivity contribution in [1.82, 2.24) is 5.32 Å². The molecule has 3 nitrogen and oxygen atoms in total. The average molecular weight is 153 g/mol. The van der Waals surface area contributed by atoms with Crippen molar-refractivity contribution >= 4 is 5.97 Å². The van der Waals surface area contributed by atoms with Crippen molar-refractivity contribution in [3.05, 3.63) is 0 Å². The van der Waals surface area contributed by atoms with Gasteiger partial charge in [0.25, 0.3) is 0 Å². The summed E-state index contributed by atoms with van der Waals surface area (Å²) in [5.74, 6) is -1.01. The molecule has 0 amide bonds. The molecule has 54 valence electrons. The molecule has 0 heterocycles. The minimum Gasteiger partial charge on any atom is -0.548 e. The molecule has 0 bridgehead atoms. The predicted octanol–water partition coefficient (Wildman–Crippen LogP) is -3.87. The quantitative estimate of drug-likeness (QED) is 0.420. The van der Waals surface area contributed by atoms with Crippen molar-refractivity contribution in [2.24, 2.45) is 0 Å². The van der Waals surface area contributed by atoms with E-state index in [1.807, 2.05) is 13.8 Å². The van der Waals surface area contributed by atoms with Crippen molar-refractivity contribution < 1.29 is 39.5 Å². The van der Waals surface area contributed by atoms with Gasteiger partial charge < -0.3 is 15.2 Å². The Morgan fingerprint density at radius 3 is 2.20 bits per heavy atom. The molecule has 0 aromatic heterocycles. The molecule has 4 heteroatoms. The van der Waals surface area contributed by atoms with E-state index in [1.165, 1.54) is 0 Å². The second-order valence-corrected chi connectivity index (χ2v) is 1.84. The molecule has 10 heavy (non-hydrogen) atoms. The monoisotopic (exact) mass is 153 g/mol. The predicted molar refractivity (Wildman–Crippen MR) is 32.8 cm³/mol. The normalized spacial score (nSPS) is 11.8. The van der Waals surface area contributed by atoms with Crippen LogP contribution in [0.1, 0.15) is 20.3 Å². The van der Waals surface area contributed by atoms with Crippen molar-refractivity contribution in [3.8, 4) is 0 Å². The van der Waals surface area contributed by atoms with Gasteiger partial charge in [-0.3, -0.25) is 0 Å². The Bertz CT molecular complexity index is 97.7. The van der Waals surface area contributed by atoms with E-state index in [0.717, 1.165) is 0 Å². The van der Waals surface area contributed by atoms with Gasteiger partial charge in [-0.15, -0.1) is 0 Å². The molecule has 0 saturated carbocycles. The Morgan fingerprint density at radius 2 is 2.10 bits per heavy atom. The van der Waals surface area contributed by atoms with Gasteiger partial charge in [-0.25, -0.2) is 0 Å². The number of nitrogens with one attached hydrogen (secondary N) is 1. The number of rotatable bonds is 4. The fourth-order valence-electron chi connectivity index (χ4n) is 0.641. The Morgan fingerprint density at radius 1 is 1.60 bits per heavy atom. The van der Waals surface area contributed by atoms with Crippen molar-refractivity contribution in [2.45, 2.75) is 26.3 Å². The average Bonchev–Trinajstić information content (AvgIpc) is 1.82. The number of aliphatic carboxylic acids is 1. The summed E-state index contributed by atoms with van der Waals surface area (Å²) in [7, 11) is 0. The topological polar surface area (TPSA) is 52.2 Å². The van der Waals surface area contributed by atoms with Gasteiger partial charge in [0.2, 0.25) is 0 Å². The molecule has 0 spiro atoms. The third-order valence-corrected chi connectivity index (χ3v) is 1.14. The number of hydrogen-bond donors (Lipinski definition) is 1. The number of carbonyl (C=O) groups excluding carboxylic acids is 1. The first-order chi connectivity index (χ1) is 4.22. The minimum absolute atomic E-state index is 0. The number of carboxylic acid groups (broad SMARTS) is 1. The summed E-state index contributed by atoms with van der Waals surface area (Å²) in [5.41, 5.74) is 0. The van der Waals surface area contributed by atoms with E-state index in [1.54, 1.807) is 0 Å². The van der Waals surface area contributed by atoms with Crippen LogP contribution < -0.4 is 40.0 Å². The van der Waals surface area contributed by atoms with Gasteiger partial charge in [0, 0.05) is 6.04 Å². The second kappa shape index (κ2) is 7.54. The molecular formula is C6H12NNaO2. The maximum atomic E-state index is 10.1. The second-order valence-electron chi connectivity index (χ2n) is 1.84. The smallest absolute Gasteiger partial charge is 0.548 e. The molecule has 0 saturated heterocycles. The standard InChI is InChI=1S/C6H13NO2.Na/c1-3-5(6(8)9)7-4-2;/h5,7H,3-4H2,1-2H3,(H,8,9);/q;+1/p-1. The van der Waals surface area contributed by atoms with Crippen LogP contribution in [0.5, 0.6) is 0 Å². The van der Waals surface area contributed by atoms with E-state index in [9.17, 15) is 9.90 Å². The Labute approximate surface area is 83.5 Å². The van der Waals surface area contributed by atoms with Gasteiger partial charge in [0.1, 0.15) is 0 Å². The molecule has 0 aliphatic rings. The Kier molecular flexibility index (Phi) is 9.84. The Hall–Kier alpha value is 0.430. The van der Waals surface area contributed by atoms with E-state index in [-0.39, 0.29) is 29.6 Å². The first-order valence-corrected chi connectivity index (χ1v) is 3.16. The molecule has 0 aliphatic heterocycles. The van der Waals surface area contributed by atoms with Crippen LogP contribution >= 0.6 is 0 Å². The van der Waals surface area contributed by atoms with Gasteiger partial charge >= 0.3 is 29.6 Å². The van der Waals surface area contributed by atoms with Crippen molar-refractivity contribution in [2.75, 3.05) is 6.54 Å². The van der Waals surface area contributed by atoms with E-state index in [0.29, 0.717) is 13.0 Å². The van der Waals surface area contributed by atoms with Gasteiger partial charge in [-0.2, -0.15) is 0 Å². The third kappa shape index (κ3) is 5.23. The van der Waals surface area contributed by atoms with E-state index in [2.05, 4.69) is 5.32 Å². The SMILES string of the molecule is CCNC(CC)C(=O)[O-].[Na+].